The van der Waals surface area contributed by atoms with Crippen molar-refractivity contribution >= 4 is 35.3 Å². The fraction of sp³-hybridized carbons (Fsp3) is 0.458. The molecule has 1 aromatic heterocycles. The third-order valence-electron chi connectivity index (χ3n) is 4.68. The fourth-order valence-electron chi connectivity index (χ4n) is 3.10. The molecule has 1 heterocycles. The van der Waals surface area contributed by atoms with E-state index in [1.165, 1.54) is 5.56 Å². The number of rotatable bonds is 9. The number of carbonyl (C=O) groups is 1. The van der Waals surface area contributed by atoms with Crippen LogP contribution in [-0.4, -0.2) is 48.5 Å². The van der Waals surface area contributed by atoms with Gasteiger partial charge in [-0.05, 0) is 36.5 Å². The van der Waals surface area contributed by atoms with Crippen molar-refractivity contribution in [1.29, 1.82) is 0 Å². The van der Waals surface area contributed by atoms with Gasteiger partial charge < -0.3 is 14.2 Å². The molecule has 0 aliphatic rings. The zero-order valence-electron chi connectivity index (χ0n) is 19.6. The number of aliphatic imine (C=N–C) groups is 1. The Kier molecular flexibility index (Phi) is 9.32. The summed E-state index contributed by atoms with van der Waals surface area (Å²) < 4.78 is 17.7. The molecule has 174 valence electrons. The van der Waals surface area contributed by atoms with Gasteiger partial charge in [-0.2, -0.15) is 5.10 Å². The zero-order valence-corrected chi connectivity index (χ0v) is 20.4. The molecular weight excluding hydrogens is 430 g/mol. The van der Waals surface area contributed by atoms with Crippen LogP contribution in [0.4, 0.5) is 4.79 Å². The molecule has 2 rings (SSSR count). The van der Waals surface area contributed by atoms with Crippen molar-refractivity contribution in [3.05, 3.63) is 52.8 Å². The van der Waals surface area contributed by atoms with Gasteiger partial charge in [0.2, 0.25) is 6.79 Å². The number of nitrogens with zero attached hydrogens (tertiary/aromatic N) is 3. The maximum atomic E-state index is 11.7. The average molecular weight is 462 g/mol. The van der Waals surface area contributed by atoms with E-state index in [2.05, 4.69) is 43.0 Å². The molecule has 7 nitrogen and oxygen atoms in total. The average Bonchev–Trinajstić information content (AvgIpc) is 3.14. The van der Waals surface area contributed by atoms with Gasteiger partial charge in [0.25, 0.3) is 0 Å². The molecule has 1 aromatic carbocycles. The summed E-state index contributed by atoms with van der Waals surface area (Å²) in [6.45, 7) is 10.8. The van der Waals surface area contributed by atoms with E-state index in [1.54, 1.807) is 13.3 Å². The maximum Gasteiger partial charge on any atom is 0.511 e. The fourth-order valence-corrected chi connectivity index (χ4v) is 3.18. The van der Waals surface area contributed by atoms with E-state index in [-0.39, 0.29) is 24.7 Å². The number of benzene rings is 1. The number of aromatic nitrogens is 2. The van der Waals surface area contributed by atoms with Crippen molar-refractivity contribution in [2.45, 2.75) is 46.6 Å². The van der Waals surface area contributed by atoms with E-state index in [0.717, 1.165) is 22.5 Å². The molecule has 0 N–H and O–H groups in total. The number of ether oxygens (including phenoxy) is 3. The number of aryl methyl sites for hydroxylation is 2. The molecule has 8 heteroatoms. The smallest absolute Gasteiger partial charge is 0.454 e. The standard InChI is InChI=1S/C24H32ClN3O4/c1-7-28-21(14-17(2)27-28)22(31-16-32-23(29)30-13-12-25)20(15-26-6)18-8-10-19(11-9-18)24(3,4)5/h8-11,14-15H,7,12-13,16H2,1-6H3/b22-20-,26-15-. The number of alkyl halides is 1. The second-order valence-electron chi connectivity index (χ2n) is 8.14. The van der Waals surface area contributed by atoms with Crippen LogP contribution in [0.25, 0.3) is 11.3 Å². The molecule has 0 radical (unpaired) electrons. The largest absolute Gasteiger partial charge is 0.511 e. The number of carbonyl (C=O) groups excluding carboxylic acids is 1. The lowest BCUT2D eigenvalue weighted by Crippen LogP contribution is -2.14. The number of halogens is 1. The molecule has 0 aliphatic heterocycles. The summed E-state index contributed by atoms with van der Waals surface area (Å²) in [5.41, 5.74) is 4.54. The molecule has 0 spiro atoms. The van der Waals surface area contributed by atoms with Crippen LogP contribution in [0.15, 0.2) is 35.3 Å². The van der Waals surface area contributed by atoms with Crippen LogP contribution < -0.4 is 0 Å². The third kappa shape index (κ3) is 6.85. The lowest BCUT2D eigenvalue weighted by molar-refractivity contribution is -0.00343. The van der Waals surface area contributed by atoms with Gasteiger partial charge in [-0.1, -0.05) is 45.0 Å². The van der Waals surface area contributed by atoms with Crippen molar-refractivity contribution in [3.8, 4) is 0 Å². The van der Waals surface area contributed by atoms with Gasteiger partial charge >= 0.3 is 6.16 Å². The molecular formula is C24H32ClN3O4. The molecule has 0 bridgehead atoms. The van der Waals surface area contributed by atoms with Crippen LogP contribution in [0.3, 0.4) is 0 Å². The molecule has 0 saturated heterocycles. The Bertz CT molecular complexity index is 957. The van der Waals surface area contributed by atoms with E-state index in [4.69, 9.17) is 25.8 Å². The zero-order chi connectivity index (χ0) is 23.7. The van der Waals surface area contributed by atoms with E-state index in [9.17, 15) is 4.79 Å². The highest BCUT2D eigenvalue weighted by Gasteiger charge is 2.19. The SMILES string of the molecule is CCn1nc(C)cc1/C(OCOC(=O)OCCCl)=C(\C=N/C)c1ccc(C(C)(C)C)cc1. The number of hydrogen-bond acceptors (Lipinski definition) is 6. The van der Waals surface area contributed by atoms with Gasteiger partial charge in [-0.3, -0.25) is 9.67 Å². The van der Waals surface area contributed by atoms with E-state index in [0.29, 0.717) is 12.3 Å². The van der Waals surface area contributed by atoms with Crippen molar-refractivity contribution in [2.75, 3.05) is 26.3 Å². The normalized spacial score (nSPS) is 12.6. The predicted octanol–water partition coefficient (Wildman–Crippen LogP) is 5.44. The van der Waals surface area contributed by atoms with Crippen LogP contribution in [0, 0.1) is 6.92 Å². The number of hydrogen-bond donors (Lipinski definition) is 0. The summed E-state index contributed by atoms with van der Waals surface area (Å²) >= 11 is 5.53. The highest BCUT2D eigenvalue weighted by molar-refractivity contribution is 6.18. The molecule has 0 unspecified atom stereocenters. The Hall–Kier alpha value is -2.80. The van der Waals surface area contributed by atoms with Crippen LogP contribution in [0.5, 0.6) is 0 Å². The van der Waals surface area contributed by atoms with Gasteiger partial charge in [0, 0.05) is 25.4 Å². The molecule has 32 heavy (non-hydrogen) atoms. The first kappa shape index (κ1) is 25.5. The summed E-state index contributed by atoms with van der Waals surface area (Å²) in [4.78, 5) is 15.9. The first-order valence-corrected chi connectivity index (χ1v) is 11.0. The van der Waals surface area contributed by atoms with E-state index in [1.807, 2.05) is 36.7 Å². The van der Waals surface area contributed by atoms with E-state index >= 15 is 0 Å². The lowest BCUT2D eigenvalue weighted by atomic mass is 9.86. The molecule has 0 aliphatic carbocycles. The molecule has 0 amide bonds. The Morgan fingerprint density at radius 2 is 1.88 bits per heavy atom. The predicted molar refractivity (Wildman–Crippen MR) is 128 cm³/mol. The summed E-state index contributed by atoms with van der Waals surface area (Å²) in [5.74, 6) is 0.698. The van der Waals surface area contributed by atoms with Crippen molar-refractivity contribution < 1.29 is 19.0 Å². The highest BCUT2D eigenvalue weighted by Crippen LogP contribution is 2.29. The minimum Gasteiger partial charge on any atom is -0.454 e. The summed E-state index contributed by atoms with van der Waals surface area (Å²) in [7, 11) is 1.70. The summed E-state index contributed by atoms with van der Waals surface area (Å²) in [6.07, 6.45) is 0.890. The Morgan fingerprint density at radius 1 is 1.19 bits per heavy atom. The van der Waals surface area contributed by atoms with Crippen LogP contribution in [0.1, 0.15) is 50.2 Å². The van der Waals surface area contributed by atoms with Gasteiger partial charge in [0.05, 0.1) is 11.6 Å². The molecule has 0 fully saturated rings. The lowest BCUT2D eigenvalue weighted by Gasteiger charge is -2.20. The number of allylic oxidation sites excluding steroid dienone is 1. The first-order valence-electron chi connectivity index (χ1n) is 10.5. The highest BCUT2D eigenvalue weighted by atomic mass is 35.5. The molecule has 0 atom stereocenters. The van der Waals surface area contributed by atoms with Crippen molar-refractivity contribution in [2.24, 2.45) is 4.99 Å². The van der Waals surface area contributed by atoms with Gasteiger partial charge in [-0.15, -0.1) is 11.6 Å². The second-order valence-corrected chi connectivity index (χ2v) is 8.52. The van der Waals surface area contributed by atoms with Crippen LogP contribution >= 0.6 is 11.6 Å². The first-order chi connectivity index (χ1) is 15.2. The van der Waals surface area contributed by atoms with Crippen LogP contribution in [-0.2, 0) is 26.2 Å². The van der Waals surface area contributed by atoms with Crippen molar-refractivity contribution in [1.82, 2.24) is 9.78 Å². The third-order valence-corrected chi connectivity index (χ3v) is 4.83. The topological polar surface area (TPSA) is 74.9 Å². The van der Waals surface area contributed by atoms with Gasteiger partial charge in [-0.25, -0.2) is 4.79 Å². The Morgan fingerprint density at radius 3 is 2.44 bits per heavy atom. The van der Waals surface area contributed by atoms with Gasteiger partial charge in [0.15, 0.2) is 5.76 Å². The van der Waals surface area contributed by atoms with Gasteiger partial charge in [0.1, 0.15) is 12.3 Å². The van der Waals surface area contributed by atoms with Crippen molar-refractivity contribution in [3.63, 3.8) is 0 Å². The summed E-state index contributed by atoms with van der Waals surface area (Å²) in [6, 6.07) is 10.2. The molecule has 2 aromatic rings. The Balaban J connectivity index is 2.50. The van der Waals surface area contributed by atoms with E-state index < -0.39 is 6.16 Å². The Labute approximate surface area is 195 Å². The van der Waals surface area contributed by atoms with Crippen LogP contribution in [0.2, 0.25) is 0 Å². The molecule has 0 saturated carbocycles. The quantitative estimate of drug-likeness (QED) is 0.163. The monoisotopic (exact) mass is 461 g/mol. The summed E-state index contributed by atoms with van der Waals surface area (Å²) in [5, 5.41) is 4.53. The second kappa shape index (κ2) is 11.7. The maximum absolute atomic E-state index is 11.7. The minimum absolute atomic E-state index is 0.0375. The minimum atomic E-state index is -0.842.